The number of fused-ring (bicyclic) bond motifs is 3. The van der Waals surface area contributed by atoms with Crippen LogP contribution in [0.2, 0.25) is 0 Å². The zero-order valence-electron chi connectivity index (χ0n) is 18.5. The van der Waals surface area contributed by atoms with Crippen LogP contribution >= 0.6 is 0 Å². The van der Waals surface area contributed by atoms with Crippen molar-refractivity contribution in [3.8, 4) is 0 Å². The number of nitrogens with zero attached hydrogens (tertiary/aromatic N) is 2. The maximum atomic E-state index is 13.4. The van der Waals surface area contributed by atoms with Gasteiger partial charge in [-0.25, -0.2) is 0 Å². The first kappa shape index (κ1) is 22.8. The van der Waals surface area contributed by atoms with E-state index in [1.807, 2.05) is 4.90 Å². The molecule has 0 spiro atoms. The van der Waals surface area contributed by atoms with Gasteiger partial charge in [-0.15, -0.1) is 0 Å². The van der Waals surface area contributed by atoms with Crippen molar-refractivity contribution in [2.24, 2.45) is 5.92 Å². The molecule has 3 aliphatic rings. The Hall–Kier alpha value is -3.01. The lowest BCUT2D eigenvalue weighted by atomic mass is 9.82. The summed E-state index contributed by atoms with van der Waals surface area (Å²) in [5, 5.41) is 2.94. The van der Waals surface area contributed by atoms with Gasteiger partial charge in [-0.1, -0.05) is 0 Å². The molecule has 2 aromatic rings. The molecule has 0 unspecified atom stereocenters. The highest BCUT2D eigenvalue weighted by Crippen LogP contribution is 2.40. The average Bonchev–Trinajstić information content (AvgIpc) is 3.55. The monoisotopic (exact) mass is 477 g/mol. The number of hydrogen-bond donors (Lipinski definition) is 1. The van der Waals surface area contributed by atoms with Crippen molar-refractivity contribution in [2.45, 2.75) is 37.6 Å². The summed E-state index contributed by atoms with van der Waals surface area (Å²) in [4.78, 5) is 29.8. The van der Waals surface area contributed by atoms with E-state index in [4.69, 9.17) is 9.15 Å². The topological polar surface area (TPSA) is 75.0 Å². The highest BCUT2D eigenvalue weighted by Gasteiger charge is 2.44. The van der Waals surface area contributed by atoms with Gasteiger partial charge in [0.15, 0.2) is 5.76 Å². The highest BCUT2D eigenvalue weighted by atomic mass is 19.4. The lowest BCUT2D eigenvalue weighted by Crippen LogP contribution is -2.62. The maximum Gasteiger partial charge on any atom is 0.416 e. The summed E-state index contributed by atoms with van der Waals surface area (Å²) in [6, 6.07) is 6.58. The molecule has 182 valence electrons. The second-order valence-electron chi connectivity index (χ2n) is 9.02. The quantitative estimate of drug-likeness (QED) is 0.733. The molecular formula is C24H26F3N3O4. The van der Waals surface area contributed by atoms with Crippen molar-refractivity contribution in [2.75, 3.05) is 37.7 Å². The van der Waals surface area contributed by atoms with E-state index in [0.29, 0.717) is 37.5 Å². The first-order valence-electron chi connectivity index (χ1n) is 11.5. The van der Waals surface area contributed by atoms with E-state index in [0.717, 1.165) is 25.0 Å². The van der Waals surface area contributed by atoms with Crippen LogP contribution in [0.5, 0.6) is 0 Å². The summed E-state index contributed by atoms with van der Waals surface area (Å²) in [6.45, 7) is 2.09. The third-order valence-electron chi connectivity index (χ3n) is 6.92. The van der Waals surface area contributed by atoms with Gasteiger partial charge in [-0.3, -0.25) is 9.59 Å². The number of halogens is 3. The van der Waals surface area contributed by atoms with Gasteiger partial charge < -0.3 is 24.3 Å². The second-order valence-corrected chi connectivity index (χ2v) is 9.02. The summed E-state index contributed by atoms with van der Waals surface area (Å²) in [5.41, 5.74) is 0.454. The van der Waals surface area contributed by atoms with Crippen LogP contribution in [-0.4, -0.2) is 61.6 Å². The Labute approximate surface area is 194 Å². The zero-order valence-corrected chi connectivity index (χ0v) is 18.5. The summed E-state index contributed by atoms with van der Waals surface area (Å²) in [5.74, 6) is -0.884. The molecule has 3 aliphatic heterocycles. The van der Waals surface area contributed by atoms with E-state index >= 15 is 0 Å². The molecular weight excluding hydrogens is 451 g/mol. The molecule has 0 bridgehead atoms. The molecule has 2 saturated heterocycles. The Morgan fingerprint density at radius 2 is 2.03 bits per heavy atom. The van der Waals surface area contributed by atoms with Crippen LogP contribution in [0, 0.1) is 5.92 Å². The first-order chi connectivity index (χ1) is 16.3. The number of nitrogens with one attached hydrogen (secondary N) is 1. The van der Waals surface area contributed by atoms with E-state index in [-0.39, 0.29) is 42.7 Å². The van der Waals surface area contributed by atoms with E-state index < -0.39 is 17.7 Å². The molecule has 0 radical (unpaired) electrons. The van der Waals surface area contributed by atoms with Crippen molar-refractivity contribution < 1.29 is 31.9 Å². The number of anilines is 1. The van der Waals surface area contributed by atoms with Crippen LogP contribution in [0.3, 0.4) is 0 Å². The van der Waals surface area contributed by atoms with E-state index in [2.05, 4.69) is 5.32 Å². The molecule has 0 aliphatic carbocycles. The fraction of sp³-hybridized carbons (Fsp3) is 0.500. The van der Waals surface area contributed by atoms with Crippen LogP contribution in [0.15, 0.2) is 41.0 Å². The Kier molecular flexibility index (Phi) is 6.01. The Morgan fingerprint density at radius 3 is 2.74 bits per heavy atom. The van der Waals surface area contributed by atoms with E-state index in [1.165, 1.54) is 12.3 Å². The zero-order chi connectivity index (χ0) is 23.9. The molecule has 4 heterocycles. The fourth-order valence-electron chi connectivity index (χ4n) is 5.19. The van der Waals surface area contributed by atoms with E-state index in [9.17, 15) is 22.8 Å². The van der Waals surface area contributed by atoms with Gasteiger partial charge in [-0.2, -0.15) is 13.2 Å². The summed E-state index contributed by atoms with van der Waals surface area (Å²) in [7, 11) is 0. The van der Waals surface area contributed by atoms with Crippen LogP contribution in [0.1, 0.15) is 34.5 Å². The molecule has 5 rings (SSSR count). The lowest BCUT2D eigenvalue weighted by molar-refractivity contribution is -0.137. The van der Waals surface area contributed by atoms with Crippen LogP contribution in [0.4, 0.5) is 18.9 Å². The van der Waals surface area contributed by atoms with Crippen LogP contribution < -0.4 is 10.2 Å². The molecule has 7 nitrogen and oxygen atoms in total. The minimum Gasteiger partial charge on any atom is -0.459 e. The Morgan fingerprint density at radius 1 is 1.18 bits per heavy atom. The van der Waals surface area contributed by atoms with Crippen molar-refractivity contribution in [1.29, 1.82) is 0 Å². The molecule has 2 fully saturated rings. The van der Waals surface area contributed by atoms with Gasteiger partial charge in [0.25, 0.3) is 5.91 Å². The lowest BCUT2D eigenvalue weighted by Gasteiger charge is -2.49. The smallest absolute Gasteiger partial charge is 0.416 e. The third kappa shape index (κ3) is 4.38. The third-order valence-corrected chi connectivity index (χ3v) is 6.92. The van der Waals surface area contributed by atoms with Crippen molar-refractivity contribution >= 4 is 17.5 Å². The molecule has 1 aromatic heterocycles. The number of hydrogen-bond acceptors (Lipinski definition) is 5. The number of ether oxygens (including phenoxy) is 1. The molecule has 34 heavy (non-hydrogen) atoms. The summed E-state index contributed by atoms with van der Waals surface area (Å²) in [6.07, 6.45) is -1.10. The second kappa shape index (κ2) is 8.98. The number of carbonyl (C=O) groups excluding carboxylic acids is 2. The van der Waals surface area contributed by atoms with Gasteiger partial charge in [-0.05, 0) is 55.2 Å². The van der Waals surface area contributed by atoms with Crippen LogP contribution in [-0.2, 0) is 22.1 Å². The minimum absolute atomic E-state index is 0.0452. The number of furan rings is 1. The number of rotatable bonds is 4. The number of alkyl halides is 3. The molecule has 2 amide bonds. The average molecular weight is 477 g/mol. The largest absolute Gasteiger partial charge is 0.459 e. The van der Waals surface area contributed by atoms with Crippen molar-refractivity contribution in [1.82, 2.24) is 10.2 Å². The SMILES string of the molecule is O=C(NC[C@@H]1CCCO1)[C@H]1Cc2cc(C(F)(F)F)ccc2N2CCN(C(=O)c3ccco3)C[C@H]12. The minimum atomic E-state index is -4.46. The molecule has 3 atom stereocenters. The van der Waals surface area contributed by atoms with Gasteiger partial charge in [0.05, 0.1) is 29.9 Å². The normalized spacial score (nSPS) is 24.5. The van der Waals surface area contributed by atoms with E-state index in [1.54, 1.807) is 17.0 Å². The van der Waals surface area contributed by atoms with Crippen molar-refractivity contribution in [3.63, 3.8) is 0 Å². The number of benzene rings is 1. The van der Waals surface area contributed by atoms with Crippen LogP contribution in [0.25, 0.3) is 0 Å². The molecule has 1 aromatic carbocycles. The summed E-state index contributed by atoms with van der Waals surface area (Å²) >= 11 is 0. The van der Waals surface area contributed by atoms with Gasteiger partial charge in [0.2, 0.25) is 5.91 Å². The predicted octanol–water partition coefficient (Wildman–Crippen LogP) is 3.10. The van der Waals surface area contributed by atoms with Gasteiger partial charge in [0, 0.05) is 38.5 Å². The van der Waals surface area contributed by atoms with Gasteiger partial charge >= 0.3 is 6.18 Å². The Bertz CT molecular complexity index is 1050. The number of carbonyl (C=O) groups is 2. The summed E-state index contributed by atoms with van der Waals surface area (Å²) < 4.78 is 50.9. The number of amides is 2. The standard InChI is InChI=1S/C24H26F3N3O4/c25-24(26,27)16-5-6-19-15(11-16)12-18(22(31)28-13-17-3-1-9-33-17)20-14-29(7-8-30(19)20)23(32)21-4-2-10-34-21/h2,4-6,10-11,17-18,20H,1,3,7-9,12-14H2,(H,28,31)/t17-,18-,20+/m0/s1. The first-order valence-corrected chi connectivity index (χ1v) is 11.5. The molecule has 1 N–H and O–H groups in total. The molecule has 10 heteroatoms. The fourth-order valence-corrected chi connectivity index (χ4v) is 5.19. The van der Waals surface area contributed by atoms with Crippen molar-refractivity contribution in [3.05, 3.63) is 53.5 Å². The van der Waals surface area contributed by atoms with Gasteiger partial charge in [0.1, 0.15) is 0 Å². The Balaban J connectivity index is 1.41. The molecule has 0 saturated carbocycles. The number of piperazine rings is 1. The predicted molar refractivity (Wildman–Crippen MR) is 116 cm³/mol. The maximum absolute atomic E-state index is 13.4. The highest BCUT2D eigenvalue weighted by molar-refractivity contribution is 5.92.